The monoisotopic (exact) mass is 338 g/mol. The zero-order valence-corrected chi connectivity index (χ0v) is 12.2. The number of methoxy groups -OCH3 is 1. The van der Waals surface area contributed by atoms with E-state index in [2.05, 4.69) is 26.0 Å². The highest BCUT2D eigenvalue weighted by Gasteiger charge is 2.13. The van der Waals surface area contributed by atoms with Crippen LogP contribution in [0.2, 0.25) is 0 Å². The van der Waals surface area contributed by atoms with E-state index >= 15 is 0 Å². The van der Waals surface area contributed by atoms with Crippen LogP contribution in [-0.2, 0) is 4.74 Å². The molecule has 0 heterocycles. The van der Waals surface area contributed by atoms with Gasteiger partial charge in [-0.25, -0.2) is 9.18 Å². The van der Waals surface area contributed by atoms with Crippen LogP contribution in [0, 0.1) is 5.82 Å². The van der Waals surface area contributed by atoms with E-state index in [4.69, 9.17) is 5.73 Å². The maximum absolute atomic E-state index is 13.2. The molecule has 0 saturated heterocycles. The SMILES string of the molecule is COC(=O)c1cccc(Nc2cc(F)ccc2Br)c1N. The highest BCUT2D eigenvalue weighted by molar-refractivity contribution is 9.10. The molecule has 104 valence electrons. The number of benzene rings is 2. The van der Waals surface area contributed by atoms with Crippen LogP contribution in [0.4, 0.5) is 21.5 Å². The van der Waals surface area contributed by atoms with Crippen molar-refractivity contribution in [1.29, 1.82) is 0 Å². The largest absolute Gasteiger partial charge is 0.465 e. The van der Waals surface area contributed by atoms with Crippen molar-refractivity contribution in [3.05, 3.63) is 52.3 Å². The molecule has 3 N–H and O–H groups in total. The first-order chi connectivity index (χ1) is 9.52. The predicted molar refractivity (Wildman–Crippen MR) is 79.6 cm³/mol. The van der Waals surface area contributed by atoms with Crippen molar-refractivity contribution in [1.82, 2.24) is 0 Å². The van der Waals surface area contributed by atoms with Gasteiger partial charge in [-0.3, -0.25) is 0 Å². The maximum atomic E-state index is 13.2. The normalized spacial score (nSPS) is 10.2. The summed E-state index contributed by atoms with van der Waals surface area (Å²) in [6.07, 6.45) is 0. The Hall–Kier alpha value is -2.08. The van der Waals surface area contributed by atoms with Crippen LogP contribution in [0.15, 0.2) is 40.9 Å². The molecule has 2 aromatic rings. The van der Waals surface area contributed by atoms with Gasteiger partial charge in [-0.05, 0) is 46.3 Å². The summed E-state index contributed by atoms with van der Waals surface area (Å²) in [5.74, 6) is -0.900. The minimum absolute atomic E-state index is 0.246. The number of nitrogens with one attached hydrogen (secondary N) is 1. The third-order valence-electron chi connectivity index (χ3n) is 2.71. The van der Waals surface area contributed by atoms with Crippen LogP contribution in [0.1, 0.15) is 10.4 Å². The Labute approximate surface area is 123 Å². The summed E-state index contributed by atoms with van der Waals surface area (Å²) in [6.45, 7) is 0. The van der Waals surface area contributed by atoms with Crippen LogP contribution in [0.3, 0.4) is 0 Å². The molecular weight excluding hydrogens is 327 g/mol. The lowest BCUT2D eigenvalue weighted by Gasteiger charge is -2.13. The number of hydrogen-bond donors (Lipinski definition) is 2. The molecule has 6 heteroatoms. The van der Waals surface area contributed by atoms with Gasteiger partial charge in [0.05, 0.1) is 29.7 Å². The van der Waals surface area contributed by atoms with Gasteiger partial charge in [-0.2, -0.15) is 0 Å². The molecule has 0 unspecified atom stereocenters. The smallest absolute Gasteiger partial charge is 0.340 e. The number of rotatable bonds is 3. The molecule has 0 atom stereocenters. The Morgan fingerprint density at radius 2 is 2.05 bits per heavy atom. The highest BCUT2D eigenvalue weighted by atomic mass is 79.9. The summed E-state index contributed by atoms with van der Waals surface area (Å²) in [5, 5.41) is 2.98. The van der Waals surface area contributed by atoms with Crippen molar-refractivity contribution in [2.24, 2.45) is 0 Å². The molecular formula is C14H12BrFN2O2. The summed E-state index contributed by atoms with van der Waals surface area (Å²) in [5.41, 5.74) is 7.44. The second-order valence-electron chi connectivity index (χ2n) is 4.01. The molecule has 0 aliphatic carbocycles. The molecule has 0 saturated carbocycles. The van der Waals surface area contributed by atoms with E-state index in [1.54, 1.807) is 24.3 Å². The number of ether oxygens (including phenoxy) is 1. The van der Waals surface area contributed by atoms with Gasteiger partial charge in [-0.15, -0.1) is 0 Å². The summed E-state index contributed by atoms with van der Waals surface area (Å²) in [4.78, 5) is 11.6. The maximum Gasteiger partial charge on any atom is 0.340 e. The number of nitrogen functional groups attached to an aromatic ring is 1. The van der Waals surface area contributed by atoms with Crippen molar-refractivity contribution in [3.63, 3.8) is 0 Å². The van der Waals surface area contributed by atoms with Crippen molar-refractivity contribution >= 4 is 39.0 Å². The number of nitrogens with two attached hydrogens (primary N) is 1. The first-order valence-electron chi connectivity index (χ1n) is 5.72. The fraction of sp³-hybridized carbons (Fsp3) is 0.0714. The standard InChI is InChI=1S/C14H12BrFN2O2/c1-20-14(19)9-3-2-4-11(13(9)17)18-12-7-8(16)5-6-10(12)15/h2-7,18H,17H2,1H3. The number of anilines is 3. The van der Waals surface area contributed by atoms with Crippen molar-refractivity contribution in [2.45, 2.75) is 0 Å². The lowest BCUT2D eigenvalue weighted by Crippen LogP contribution is -2.07. The third kappa shape index (κ3) is 2.91. The van der Waals surface area contributed by atoms with Gasteiger partial charge in [0.2, 0.25) is 0 Å². The van der Waals surface area contributed by atoms with E-state index in [-0.39, 0.29) is 17.1 Å². The molecule has 0 aromatic heterocycles. The molecule has 0 bridgehead atoms. The van der Waals surface area contributed by atoms with E-state index in [0.29, 0.717) is 15.8 Å². The fourth-order valence-electron chi connectivity index (χ4n) is 1.70. The summed E-state index contributed by atoms with van der Waals surface area (Å²) >= 11 is 3.31. The number of para-hydroxylation sites is 1. The average Bonchev–Trinajstić information content (AvgIpc) is 2.44. The number of halogens is 2. The third-order valence-corrected chi connectivity index (χ3v) is 3.40. The molecule has 0 spiro atoms. The highest BCUT2D eigenvalue weighted by Crippen LogP contribution is 2.31. The lowest BCUT2D eigenvalue weighted by molar-refractivity contribution is 0.0602. The summed E-state index contributed by atoms with van der Waals surface area (Å²) in [7, 11) is 1.28. The Bertz CT molecular complexity index is 662. The summed E-state index contributed by atoms with van der Waals surface area (Å²) < 4.78 is 18.6. The van der Waals surface area contributed by atoms with E-state index < -0.39 is 5.97 Å². The fourth-order valence-corrected chi connectivity index (χ4v) is 2.05. The van der Waals surface area contributed by atoms with E-state index in [1.165, 1.54) is 19.2 Å². The molecule has 4 nitrogen and oxygen atoms in total. The van der Waals surface area contributed by atoms with Gasteiger partial charge in [0.1, 0.15) is 5.82 Å². The van der Waals surface area contributed by atoms with E-state index in [9.17, 15) is 9.18 Å². The molecule has 0 aliphatic rings. The molecule has 20 heavy (non-hydrogen) atoms. The molecule has 0 aliphatic heterocycles. The number of carbonyl (C=O) groups excluding carboxylic acids is 1. The second-order valence-corrected chi connectivity index (χ2v) is 4.86. The predicted octanol–water partition coefficient (Wildman–Crippen LogP) is 3.70. The van der Waals surface area contributed by atoms with Crippen LogP contribution < -0.4 is 11.1 Å². The minimum atomic E-state index is -0.524. The molecule has 2 aromatic carbocycles. The summed E-state index contributed by atoms with van der Waals surface area (Å²) in [6, 6.07) is 9.17. The number of carbonyl (C=O) groups is 1. The van der Waals surface area contributed by atoms with Crippen LogP contribution in [0.25, 0.3) is 0 Å². The Morgan fingerprint density at radius 3 is 2.75 bits per heavy atom. The Morgan fingerprint density at radius 1 is 1.30 bits per heavy atom. The zero-order valence-electron chi connectivity index (χ0n) is 10.6. The van der Waals surface area contributed by atoms with Gasteiger partial charge >= 0.3 is 5.97 Å². The quantitative estimate of drug-likeness (QED) is 0.661. The van der Waals surface area contributed by atoms with Gasteiger partial charge < -0.3 is 15.8 Å². The second kappa shape index (κ2) is 5.92. The first kappa shape index (κ1) is 14.3. The number of esters is 1. The van der Waals surface area contributed by atoms with Gasteiger partial charge in [0.25, 0.3) is 0 Å². The van der Waals surface area contributed by atoms with Gasteiger partial charge in [0, 0.05) is 4.47 Å². The van der Waals surface area contributed by atoms with E-state index in [0.717, 1.165) is 0 Å². The Balaban J connectivity index is 2.39. The average molecular weight is 339 g/mol. The molecule has 0 radical (unpaired) electrons. The lowest BCUT2D eigenvalue weighted by atomic mass is 10.1. The molecule has 0 fully saturated rings. The van der Waals surface area contributed by atoms with Crippen molar-refractivity contribution in [3.8, 4) is 0 Å². The Kier molecular flexibility index (Phi) is 4.24. The minimum Gasteiger partial charge on any atom is -0.465 e. The zero-order chi connectivity index (χ0) is 14.7. The van der Waals surface area contributed by atoms with Gasteiger partial charge in [-0.1, -0.05) is 6.07 Å². The van der Waals surface area contributed by atoms with Crippen LogP contribution in [0.5, 0.6) is 0 Å². The van der Waals surface area contributed by atoms with E-state index in [1.807, 2.05) is 0 Å². The van der Waals surface area contributed by atoms with Crippen molar-refractivity contribution < 1.29 is 13.9 Å². The number of hydrogen-bond acceptors (Lipinski definition) is 4. The topological polar surface area (TPSA) is 64.3 Å². The van der Waals surface area contributed by atoms with Crippen molar-refractivity contribution in [2.75, 3.05) is 18.2 Å². The first-order valence-corrected chi connectivity index (χ1v) is 6.51. The molecule has 2 rings (SSSR count). The van der Waals surface area contributed by atoms with Gasteiger partial charge in [0.15, 0.2) is 0 Å². The van der Waals surface area contributed by atoms with Crippen LogP contribution >= 0.6 is 15.9 Å². The molecule has 0 amide bonds. The van der Waals surface area contributed by atoms with Crippen LogP contribution in [-0.4, -0.2) is 13.1 Å².